The highest BCUT2D eigenvalue weighted by Crippen LogP contribution is 2.24. The summed E-state index contributed by atoms with van der Waals surface area (Å²) >= 11 is 10.9. The third kappa shape index (κ3) is 5.51. The second-order valence-electron chi connectivity index (χ2n) is 5.57. The molecule has 0 fully saturated rings. The number of hydrogen-bond donors (Lipinski definition) is 2. The van der Waals surface area contributed by atoms with Crippen LogP contribution in [0.15, 0.2) is 47.6 Å². The molecule has 0 amide bonds. The molecule has 0 atom stereocenters. The van der Waals surface area contributed by atoms with Gasteiger partial charge in [0, 0.05) is 17.3 Å². The van der Waals surface area contributed by atoms with Gasteiger partial charge in [-0.3, -0.25) is 15.5 Å². The van der Waals surface area contributed by atoms with Crippen LogP contribution in [0.4, 0.5) is 11.4 Å². The minimum absolute atomic E-state index is 0.0807. The van der Waals surface area contributed by atoms with Crippen molar-refractivity contribution in [3.63, 3.8) is 0 Å². The van der Waals surface area contributed by atoms with E-state index in [0.717, 1.165) is 5.69 Å². The molecule has 130 valence electrons. The lowest BCUT2D eigenvalue weighted by Gasteiger charge is -2.09. The summed E-state index contributed by atoms with van der Waals surface area (Å²) in [6.07, 6.45) is 1.43. The first-order valence-corrected chi connectivity index (χ1v) is 8.29. The summed E-state index contributed by atoms with van der Waals surface area (Å²) in [5.41, 5.74) is 5.12. The quantitative estimate of drug-likeness (QED) is 0.342. The van der Waals surface area contributed by atoms with E-state index in [1.54, 1.807) is 6.07 Å². The average Bonchev–Trinajstić information content (AvgIpc) is 2.56. The van der Waals surface area contributed by atoms with E-state index in [-0.39, 0.29) is 10.7 Å². The van der Waals surface area contributed by atoms with Gasteiger partial charge in [0.2, 0.25) is 0 Å². The van der Waals surface area contributed by atoms with Gasteiger partial charge in [0.15, 0.2) is 5.11 Å². The Kier molecular flexibility index (Phi) is 6.44. The molecule has 0 aliphatic carbocycles. The summed E-state index contributed by atoms with van der Waals surface area (Å²) < 4.78 is 0. The molecule has 0 heterocycles. The SMILES string of the molecule is CC(C)c1ccc(NC(=S)N/N=C\c2ccc(Cl)c([N+](=O)[O-])c2)cc1. The Morgan fingerprint density at radius 1 is 1.28 bits per heavy atom. The van der Waals surface area contributed by atoms with Crippen LogP contribution in [0.3, 0.4) is 0 Å². The van der Waals surface area contributed by atoms with Gasteiger partial charge in [0.05, 0.1) is 11.1 Å². The lowest BCUT2D eigenvalue weighted by Crippen LogP contribution is -2.23. The van der Waals surface area contributed by atoms with Crippen LogP contribution in [0.1, 0.15) is 30.9 Å². The van der Waals surface area contributed by atoms with Crippen LogP contribution in [0.25, 0.3) is 0 Å². The van der Waals surface area contributed by atoms with Crippen molar-refractivity contribution in [3.8, 4) is 0 Å². The lowest BCUT2D eigenvalue weighted by atomic mass is 10.0. The van der Waals surface area contributed by atoms with E-state index in [4.69, 9.17) is 23.8 Å². The molecule has 0 spiro atoms. The van der Waals surface area contributed by atoms with E-state index in [2.05, 4.69) is 29.7 Å². The predicted molar refractivity (Wildman–Crippen MR) is 106 cm³/mol. The van der Waals surface area contributed by atoms with Gasteiger partial charge >= 0.3 is 0 Å². The summed E-state index contributed by atoms with van der Waals surface area (Å²) in [6.45, 7) is 4.26. The fourth-order valence-corrected chi connectivity index (χ4v) is 2.38. The summed E-state index contributed by atoms with van der Waals surface area (Å²) in [5.74, 6) is 0.465. The van der Waals surface area contributed by atoms with E-state index >= 15 is 0 Å². The summed E-state index contributed by atoms with van der Waals surface area (Å²) in [7, 11) is 0. The molecule has 0 aromatic heterocycles. The predicted octanol–water partition coefficient (Wildman–Crippen LogP) is 4.69. The molecule has 0 unspecified atom stereocenters. The molecule has 2 rings (SSSR count). The normalized spacial score (nSPS) is 10.9. The number of anilines is 1. The third-order valence-electron chi connectivity index (χ3n) is 3.38. The number of nitro benzene ring substituents is 1. The number of hydrazone groups is 1. The molecule has 2 aromatic carbocycles. The minimum Gasteiger partial charge on any atom is -0.331 e. The molecule has 25 heavy (non-hydrogen) atoms. The number of nitrogens with one attached hydrogen (secondary N) is 2. The van der Waals surface area contributed by atoms with E-state index in [1.807, 2.05) is 24.3 Å². The number of nitro groups is 1. The van der Waals surface area contributed by atoms with E-state index in [9.17, 15) is 10.1 Å². The maximum Gasteiger partial charge on any atom is 0.288 e. The van der Waals surface area contributed by atoms with Crippen LogP contribution in [-0.2, 0) is 0 Å². The van der Waals surface area contributed by atoms with Gasteiger partial charge in [0.1, 0.15) is 5.02 Å². The van der Waals surface area contributed by atoms with Gasteiger partial charge in [-0.2, -0.15) is 5.10 Å². The Labute approximate surface area is 156 Å². The fraction of sp³-hybridized carbons (Fsp3) is 0.176. The molecule has 6 nitrogen and oxygen atoms in total. The Hall–Kier alpha value is -2.51. The van der Waals surface area contributed by atoms with Crippen molar-refractivity contribution in [2.75, 3.05) is 5.32 Å². The fourth-order valence-electron chi connectivity index (χ4n) is 2.03. The first kappa shape index (κ1) is 18.8. The highest BCUT2D eigenvalue weighted by Gasteiger charge is 2.11. The number of thiocarbonyl (C=S) groups is 1. The molecular weight excluding hydrogens is 360 g/mol. The molecule has 0 saturated heterocycles. The molecule has 0 saturated carbocycles. The zero-order valence-electron chi connectivity index (χ0n) is 13.7. The zero-order valence-corrected chi connectivity index (χ0v) is 15.3. The molecular formula is C17H17ClN4O2S. The van der Waals surface area contributed by atoms with Gasteiger partial charge in [-0.05, 0) is 41.9 Å². The first-order valence-electron chi connectivity index (χ1n) is 7.51. The summed E-state index contributed by atoms with van der Waals surface area (Å²) in [6, 6.07) is 12.4. The third-order valence-corrected chi connectivity index (χ3v) is 3.89. The highest BCUT2D eigenvalue weighted by molar-refractivity contribution is 7.80. The average molecular weight is 377 g/mol. The maximum absolute atomic E-state index is 10.9. The zero-order chi connectivity index (χ0) is 18.4. The molecule has 0 aliphatic heterocycles. The van der Waals surface area contributed by atoms with Crippen molar-refractivity contribution in [2.24, 2.45) is 5.10 Å². The summed E-state index contributed by atoms with van der Waals surface area (Å²) in [4.78, 5) is 10.3. The van der Waals surface area contributed by atoms with Crippen molar-refractivity contribution in [3.05, 3.63) is 68.7 Å². The van der Waals surface area contributed by atoms with Crippen LogP contribution in [-0.4, -0.2) is 16.3 Å². The molecule has 8 heteroatoms. The standard InChI is InChI=1S/C17H17ClN4O2S/c1-11(2)13-4-6-14(7-5-13)20-17(25)21-19-10-12-3-8-15(18)16(9-12)22(23)24/h3-11H,1-2H3,(H2,20,21,25)/b19-10-. The van der Waals surface area contributed by atoms with Gasteiger partial charge < -0.3 is 5.32 Å². The largest absolute Gasteiger partial charge is 0.331 e. The first-order chi connectivity index (χ1) is 11.9. The summed E-state index contributed by atoms with van der Waals surface area (Å²) in [5, 5.41) is 18.2. The number of halogens is 1. The Morgan fingerprint density at radius 2 is 1.96 bits per heavy atom. The highest BCUT2D eigenvalue weighted by atomic mass is 35.5. The van der Waals surface area contributed by atoms with Crippen molar-refractivity contribution in [2.45, 2.75) is 19.8 Å². The van der Waals surface area contributed by atoms with Crippen molar-refractivity contribution in [1.82, 2.24) is 5.43 Å². The topological polar surface area (TPSA) is 79.6 Å². The monoisotopic (exact) mass is 376 g/mol. The minimum atomic E-state index is -0.542. The molecule has 2 N–H and O–H groups in total. The Balaban J connectivity index is 1.94. The van der Waals surface area contributed by atoms with Gasteiger partial charge in [-0.25, -0.2) is 0 Å². The van der Waals surface area contributed by atoms with Crippen molar-refractivity contribution >= 4 is 46.5 Å². The second-order valence-corrected chi connectivity index (χ2v) is 6.38. The van der Waals surface area contributed by atoms with Crippen LogP contribution < -0.4 is 10.7 Å². The molecule has 0 bridgehead atoms. The number of rotatable bonds is 5. The smallest absolute Gasteiger partial charge is 0.288 e. The van der Waals surface area contributed by atoms with Gasteiger partial charge in [-0.1, -0.05) is 43.6 Å². The van der Waals surface area contributed by atoms with Crippen LogP contribution in [0, 0.1) is 10.1 Å². The van der Waals surface area contributed by atoms with E-state index in [1.165, 1.54) is 23.9 Å². The van der Waals surface area contributed by atoms with E-state index in [0.29, 0.717) is 16.6 Å². The number of nitrogens with zero attached hydrogens (tertiary/aromatic N) is 2. The van der Waals surface area contributed by atoms with Crippen molar-refractivity contribution < 1.29 is 4.92 Å². The van der Waals surface area contributed by atoms with Crippen molar-refractivity contribution in [1.29, 1.82) is 0 Å². The van der Waals surface area contributed by atoms with Gasteiger partial charge in [0.25, 0.3) is 5.69 Å². The Bertz CT molecular complexity index is 807. The van der Waals surface area contributed by atoms with Crippen LogP contribution in [0.2, 0.25) is 5.02 Å². The molecule has 0 radical (unpaired) electrons. The van der Waals surface area contributed by atoms with Crippen LogP contribution in [0.5, 0.6) is 0 Å². The lowest BCUT2D eigenvalue weighted by molar-refractivity contribution is -0.384. The number of benzene rings is 2. The number of hydrogen-bond acceptors (Lipinski definition) is 4. The maximum atomic E-state index is 10.9. The molecule has 0 aliphatic rings. The van der Waals surface area contributed by atoms with E-state index < -0.39 is 4.92 Å². The Morgan fingerprint density at radius 3 is 2.56 bits per heavy atom. The second kappa shape index (κ2) is 8.55. The van der Waals surface area contributed by atoms with Crippen LogP contribution >= 0.6 is 23.8 Å². The van der Waals surface area contributed by atoms with Gasteiger partial charge in [-0.15, -0.1) is 0 Å². The molecule has 2 aromatic rings.